The largest absolute Gasteiger partial charge is 0.379 e. The van der Waals surface area contributed by atoms with Gasteiger partial charge in [-0.25, -0.2) is 9.97 Å². The Morgan fingerprint density at radius 3 is 2.65 bits per heavy atom. The van der Waals surface area contributed by atoms with Crippen LogP contribution in [0, 0.1) is 5.41 Å². The van der Waals surface area contributed by atoms with Crippen LogP contribution in [0.5, 0.6) is 0 Å². The predicted molar refractivity (Wildman–Crippen MR) is 134 cm³/mol. The van der Waals surface area contributed by atoms with E-state index in [1.165, 1.54) is 6.42 Å². The molecular formula is C26H32ClN5O2. The standard InChI is InChI=1S/C26H32ClN5O2/c1-25(2)8-4-9-26(17-25,31-12-14-34-15-13-31)18-30-23(33)19-16-32(24-28-10-5-11-29-24)21-7-3-6-20(27)22(19)21/h3,5-7,10-11,16H,4,8-9,12-15,17-18H2,1-2H3,(H,30,33). The molecule has 1 aliphatic heterocycles. The molecule has 1 aliphatic carbocycles. The lowest BCUT2D eigenvalue weighted by molar-refractivity contribution is -0.0559. The molecule has 2 fully saturated rings. The first-order chi connectivity index (χ1) is 16.4. The molecule has 1 saturated carbocycles. The van der Waals surface area contributed by atoms with Crippen LogP contribution in [0.3, 0.4) is 0 Å². The Hall–Kier alpha value is -2.48. The monoisotopic (exact) mass is 481 g/mol. The lowest BCUT2D eigenvalue weighted by Crippen LogP contribution is -2.61. The highest BCUT2D eigenvalue weighted by molar-refractivity contribution is 6.37. The number of nitrogens with zero attached hydrogens (tertiary/aromatic N) is 4. The Bertz CT molecular complexity index is 1170. The van der Waals surface area contributed by atoms with Crippen LogP contribution in [0.4, 0.5) is 0 Å². The van der Waals surface area contributed by atoms with E-state index in [4.69, 9.17) is 16.3 Å². The van der Waals surface area contributed by atoms with Gasteiger partial charge in [0, 0.05) is 49.1 Å². The highest BCUT2D eigenvalue weighted by atomic mass is 35.5. The molecule has 1 aromatic carbocycles. The molecule has 2 aromatic heterocycles. The number of benzene rings is 1. The van der Waals surface area contributed by atoms with Gasteiger partial charge in [0.1, 0.15) is 0 Å². The highest BCUT2D eigenvalue weighted by Gasteiger charge is 2.44. The maximum Gasteiger partial charge on any atom is 0.253 e. The Balaban J connectivity index is 1.46. The summed E-state index contributed by atoms with van der Waals surface area (Å²) in [5.74, 6) is 0.386. The summed E-state index contributed by atoms with van der Waals surface area (Å²) in [5.41, 5.74) is 1.53. The van der Waals surface area contributed by atoms with Gasteiger partial charge in [0.25, 0.3) is 5.91 Å². The fourth-order valence-corrected chi connectivity index (χ4v) is 6.14. The minimum atomic E-state index is -0.121. The molecule has 1 unspecified atom stereocenters. The van der Waals surface area contributed by atoms with E-state index in [-0.39, 0.29) is 16.9 Å². The number of fused-ring (bicyclic) bond motifs is 1. The first-order valence-corrected chi connectivity index (χ1v) is 12.4. The molecule has 0 radical (unpaired) electrons. The van der Waals surface area contributed by atoms with E-state index in [0.717, 1.165) is 56.5 Å². The number of rotatable bonds is 5. The smallest absolute Gasteiger partial charge is 0.253 e. The first-order valence-electron chi connectivity index (χ1n) is 12.1. The summed E-state index contributed by atoms with van der Waals surface area (Å²) >= 11 is 6.59. The van der Waals surface area contributed by atoms with Crippen molar-refractivity contribution in [2.45, 2.75) is 45.1 Å². The molecule has 180 valence electrons. The van der Waals surface area contributed by atoms with Crippen LogP contribution in [-0.4, -0.2) is 63.7 Å². The van der Waals surface area contributed by atoms with E-state index in [1.807, 2.05) is 22.8 Å². The summed E-state index contributed by atoms with van der Waals surface area (Å²) in [6.07, 6.45) is 9.69. The maximum absolute atomic E-state index is 13.6. The maximum atomic E-state index is 13.6. The summed E-state index contributed by atoms with van der Waals surface area (Å²) in [7, 11) is 0. The van der Waals surface area contributed by atoms with Gasteiger partial charge >= 0.3 is 0 Å². The molecule has 5 rings (SSSR count). The van der Waals surface area contributed by atoms with Gasteiger partial charge in [0.15, 0.2) is 0 Å². The van der Waals surface area contributed by atoms with Gasteiger partial charge < -0.3 is 10.1 Å². The number of hydrogen-bond donors (Lipinski definition) is 1. The lowest BCUT2D eigenvalue weighted by Gasteiger charge is -2.52. The summed E-state index contributed by atoms with van der Waals surface area (Å²) in [6.45, 7) is 8.60. The van der Waals surface area contributed by atoms with Crippen LogP contribution in [0.15, 0.2) is 42.9 Å². The van der Waals surface area contributed by atoms with Crippen molar-refractivity contribution >= 4 is 28.4 Å². The molecule has 3 aromatic rings. The van der Waals surface area contributed by atoms with Gasteiger partial charge in [-0.2, -0.15) is 0 Å². The summed E-state index contributed by atoms with van der Waals surface area (Å²) < 4.78 is 7.46. The van der Waals surface area contributed by atoms with Crippen LogP contribution in [-0.2, 0) is 4.74 Å². The zero-order valence-corrected chi connectivity index (χ0v) is 20.6. The first kappa shape index (κ1) is 23.3. The second kappa shape index (κ2) is 9.29. The minimum Gasteiger partial charge on any atom is -0.379 e. The van der Waals surface area contributed by atoms with Crippen molar-refractivity contribution in [3.63, 3.8) is 0 Å². The summed E-state index contributed by atoms with van der Waals surface area (Å²) in [4.78, 5) is 24.9. The quantitative estimate of drug-likeness (QED) is 0.582. The second-order valence-electron chi connectivity index (χ2n) is 10.3. The highest BCUT2D eigenvalue weighted by Crippen LogP contribution is 2.44. The van der Waals surface area contributed by atoms with Crippen molar-refractivity contribution in [2.24, 2.45) is 5.41 Å². The van der Waals surface area contributed by atoms with E-state index in [0.29, 0.717) is 23.1 Å². The van der Waals surface area contributed by atoms with Gasteiger partial charge in [-0.1, -0.05) is 37.9 Å². The van der Waals surface area contributed by atoms with E-state index in [1.54, 1.807) is 24.7 Å². The molecule has 8 heteroatoms. The topological polar surface area (TPSA) is 72.3 Å². The number of ether oxygens (including phenoxy) is 1. The van der Waals surface area contributed by atoms with E-state index in [2.05, 4.69) is 34.0 Å². The van der Waals surface area contributed by atoms with Gasteiger partial charge in [-0.05, 0) is 42.9 Å². The molecule has 1 atom stereocenters. The average molecular weight is 482 g/mol. The van der Waals surface area contributed by atoms with Crippen LogP contribution in [0.1, 0.15) is 49.9 Å². The molecule has 0 bridgehead atoms. The van der Waals surface area contributed by atoms with E-state index < -0.39 is 0 Å². The van der Waals surface area contributed by atoms with Crippen molar-refractivity contribution in [1.29, 1.82) is 0 Å². The van der Waals surface area contributed by atoms with Gasteiger partial charge in [0.2, 0.25) is 5.95 Å². The lowest BCUT2D eigenvalue weighted by atomic mass is 9.67. The number of morpholine rings is 1. The zero-order chi connectivity index (χ0) is 23.8. The van der Waals surface area contributed by atoms with Crippen LogP contribution >= 0.6 is 11.6 Å². The Morgan fingerprint density at radius 2 is 1.91 bits per heavy atom. The van der Waals surface area contributed by atoms with Crippen LogP contribution in [0.2, 0.25) is 5.02 Å². The molecule has 34 heavy (non-hydrogen) atoms. The zero-order valence-electron chi connectivity index (χ0n) is 19.9. The number of carbonyl (C=O) groups excluding carboxylic acids is 1. The van der Waals surface area contributed by atoms with Crippen molar-refractivity contribution in [1.82, 2.24) is 24.8 Å². The molecule has 0 spiro atoms. The van der Waals surface area contributed by atoms with Crippen molar-refractivity contribution in [3.05, 3.63) is 53.4 Å². The normalized spacial score (nSPS) is 23.1. The fourth-order valence-electron chi connectivity index (χ4n) is 5.87. The number of carbonyl (C=O) groups is 1. The van der Waals surface area contributed by atoms with Crippen molar-refractivity contribution in [2.75, 3.05) is 32.8 Å². The van der Waals surface area contributed by atoms with Crippen LogP contribution in [0.25, 0.3) is 16.9 Å². The average Bonchev–Trinajstić information content (AvgIpc) is 3.24. The molecule has 7 nitrogen and oxygen atoms in total. The van der Waals surface area contributed by atoms with Gasteiger partial charge in [-0.15, -0.1) is 0 Å². The van der Waals surface area contributed by atoms with E-state index in [9.17, 15) is 4.79 Å². The number of aromatic nitrogens is 3. The molecule has 2 aliphatic rings. The number of hydrogen-bond acceptors (Lipinski definition) is 5. The molecule has 1 saturated heterocycles. The molecule has 1 N–H and O–H groups in total. The second-order valence-corrected chi connectivity index (χ2v) is 10.7. The van der Waals surface area contributed by atoms with Gasteiger partial charge in [0.05, 0.1) is 29.3 Å². The third kappa shape index (κ3) is 4.44. The molecular weight excluding hydrogens is 450 g/mol. The number of nitrogens with one attached hydrogen (secondary N) is 1. The van der Waals surface area contributed by atoms with Crippen molar-refractivity contribution in [3.8, 4) is 5.95 Å². The summed E-state index contributed by atoms with van der Waals surface area (Å²) in [5, 5.41) is 4.56. The third-order valence-electron chi connectivity index (χ3n) is 7.35. The van der Waals surface area contributed by atoms with Crippen LogP contribution < -0.4 is 5.32 Å². The SMILES string of the molecule is CC1(C)CCCC(CNC(=O)c2cn(-c3ncccn3)c3cccc(Cl)c23)(N2CCOCC2)C1. The summed E-state index contributed by atoms with van der Waals surface area (Å²) in [6, 6.07) is 7.40. The molecule has 1 amide bonds. The third-order valence-corrected chi connectivity index (χ3v) is 7.67. The van der Waals surface area contributed by atoms with E-state index >= 15 is 0 Å². The van der Waals surface area contributed by atoms with Gasteiger partial charge in [-0.3, -0.25) is 14.3 Å². The predicted octanol–water partition coefficient (Wildman–Crippen LogP) is 4.47. The number of amides is 1. The Morgan fingerprint density at radius 1 is 1.15 bits per heavy atom. The molecule has 3 heterocycles. The van der Waals surface area contributed by atoms with Crippen molar-refractivity contribution < 1.29 is 9.53 Å². The Labute approximate surface area is 205 Å². The Kier molecular flexibility index (Phi) is 6.35. The minimum absolute atomic E-state index is 0.0636. The number of halogens is 1. The fraction of sp³-hybridized carbons (Fsp3) is 0.500.